The first-order valence-corrected chi connectivity index (χ1v) is 18.5. The van der Waals surface area contributed by atoms with Gasteiger partial charge in [0.2, 0.25) is 0 Å². The summed E-state index contributed by atoms with van der Waals surface area (Å²) in [6.45, 7) is 5.84. The van der Waals surface area contributed by atoms with Gasteiger partial charge in [-0.3, -0.25) is 13.8 Å². The van der Waals surface area contributed by atoms with Crippen molar-refractivity contribution in [2.24, 2.45) is 0 Å². The molecule has 0 aromatic carbocycles. The highest BCUT2D eigenvalue weighted by Gasteiger charge is 2.28. The van der Waals surface area contributed by atoms with E-state index in [0.717, 1.165) is 12.8 Å². The number of phosphoric acid groups is 1. The van der Waals surface area contributed by atoms with Crippen LogP contribution in [-0.4, -0.2) is 88.7 Å². The van der Waals surface area contributed by atoms with Gasteiger partial charge in [0.1, 0.15) is 19.3 Å². The average molecular weight is 624 g/mol. The van der Waals surface area contributed by atoms with Gasteiger partial charge >= 0.3 is 13.8 Å². The van der Waals surface area contributed by atoms with Gasteiger partial charge in [-0.05, 0) is 13.3 Å². The minimum Gasteiger partial charge on any atom is -0.465 e. The highest BCUT2D eigenvalue weighted by atomic mass is 31.2. The van der Waals surface area contributed by atoms with E-state index in [0.29, 0.717) is 24.2 Å². The van der Waals surface area contributed by atoms with Crippen molar-refractivity contribution >= 4 is 13.8 Å². The first-order valence-electron chi connectivity index (χ1n) is 17.0. The largest absolute Gasteiger partial charge is 0.472 e. The second-order valence-corrected chi connectivity index (χ2v) is 14.0. The van der Waals surface area contributed by atoms with Crippen molar-refractivity contribution in [1.29, 1.82) is 0 Å². The van der Waals surface area contributed by atoms with Gasteiger partial charge in [0, 0.05) is 13.2 Å². The number of carbonyl (C=O) groups is 1. The van der Waals surface area contributed by atoms with E-state index in [4.69, 9.17) is 18.5 Å². The molecule has 0 heterocycles. The quantitative estimate of drug-likeness (QED) is 0.0346. The molecule has 42 heavy (non-hydrogen) atoms. The maximum Gasteiger partial charge on any atom is 0.472 e. The van der Waals surface area contributed by atoms with E-state index < -0.39 is 13.9 Å². The topological polar surface area (TPSA) is 103 Å². The SMILES string of the molecule is CCCCCCCCCCCCCCCCCCCCOCC(CNCC(=O)OCC)OP(=O)(O)OCC[N+](C)(C)C. The summed E-state index contributed by atoms with van der Waals surface area (Å²) in [7, 11) is 1.67. The molecule has 0 radical (unpaired) electrons. The average Bonchev–Trinajstić information content (AvgIpc) is 2.91. The van der Waals surface area contributed by atoms with E-state index in [1.807, 2.05) is 21.1 Å². The van der Waals surface area contributed by atoms with Crippen LogP contribution in [0.3, 0.4) is 0 Å². The van der Waals surface area contributed by atoms with Gasteiger partial charge in [-0.1, -0.05) is 116 Å². The van der Waals surface area contributed by atoms with E-state index in [1.165, 1.54) is 103 Å². The number of esters is 1. The molecule has 0 amide bonds. The van der Waals surface area contributed by atoms with Crippen LogP contribution in [0.5, 0.6) is 0 Å². The summed E-state index contributed by atoms with van der Waals surface area (Å²) in [6.07, 6.45) is 23.2. The van der Waals surface area contributed by atoms with Crippen LogP contribution in [-0.2, 0) is 27.9 Å². The Labute approximate surface area is 259 Å². The minimum atomic E-state index is -4.25. The summed E-state index contributed by atoms with van der Waals surface area (Å²) in [5.41, 5.74) is 0. The first-order chi connectivity index (χ1) is 20.1. The number of ether oxygens (including phenoxy) is 2. The second kappa shape index (κ2) is 28.0. The van der Waals surface area contributed by atoms with E-state index >= 15 is 0 Å². The molecule has 2 unspecified atom stereocenters. The molecule has 0 aliphatic carbocycles. The van der Waals surface area contributed by atoms with Gasteiger partial charge in [0.25, 0.3) is 0 Å². The van der Waals surface area contributed by atoms with Crippen molar-refractivity contribution < 1.29 is 37.3 Å². The van der Waals surface area contributed by atoms with Gasteiger partial charge < -0.3 is 24.2 Å². The van der Waals surface area contributed by atoms with Gasteiger partial charge in [-0.25, -0.2) is 4.57 Å². The molecule has 2 atom stereocenters. The second-order valence-electron chi connectivity index (χ2n) is 12.6. The number of quaternary nitrogens is 1. The zero-order valence-electron chi connectivity index (χ0n) is 28.0. The lowest BCUT2D eigenvalue weighted by Crippen LogP contribution is -2.38. The molecule has 10 heteroatoms. The van der Waals surface area contributed by atoms with Crippen LogP contribution in [0.15, 0.2) is 0 Å². The fraction of sp³-hybridized carbons (Fsp3) is 0.969. The zero-order valence-corrected chi connectivity index (χ0v) is 28.9. The number of carbonyl (C=O) groups excluding carboxylic acids is 1. The Bertz CT molecular complexity index is 661. The number of likely N-dealkylation sites (N-methyl/N-ethyl adjacent to an activating group) is 1. The normalized spacial score (nSPS) is 14.1. The minimum absolute atomic E-state index is 0.00888. The van der Waals surface area contributed by atoms with Gasteiger partial charge in [0.15, 0.2) is 0 Å². The Hall–Kier alpha value is -0.540. The third-order valence-corrected chi connectivity index (χ3v) is 8.26. The first kappa shape index (κ1) is 41.5. The predicted octanol–water partition coefficient (Wildman–Crippen LogP) is 7.41. The van der Waals surface area contributed by atoms with Crippen molar-refractivity contribution in [1.82, 2.24) is 5.32 Å². The summed E-state index contributed by atoms with van der Waals surface area (Å²) in [6, 6.07) is 0. The Kier molecular flexibility index (Phi) is 27.6. The molecule has 0 bridgehead atoms. The number of phosphoric ester groups is 1. The van der Waals surface area contributed by atoms with Gasteiger partial charge in [-0.2, -0.15) is 0 Å². The van der Waals surface area contributed by atoms with Gasteiger partial charge in [0.05, 0.1) is 40.9 Å². The van der Waals surface area contributed by atoms with Crippen LogP contribution in [0.1, 0.15) is 129 Å². The lowest BCUT2D eigenvalue weighted by molar-refractivity contribution is -0.870. The fourth-order valence-corrected chi connectivity index (χ4v) is 5.53. The van der Waals surface area contributed by atoms with Crippen molar-refractivity contribution in [3.05, 3.63) is 0 Å². The molecule has 252 valence electrons. The molecule has 0 saturated heterocycles. The molecule has 9 nitrogen and oxygen atoms in total. The molecule has 0 fully saturated rings. The van der Waals surface area contributed by atoms with Crippen molar-refractivity contribution in [3.8, 4) is 0 Å². The zero-order chi connectivity index (χ0) is 31.4. The molecular weight excluding hydrogens is 555 g/mol. The van der Waals surface area contributed by atoms with Crippen molar-refractivity contribution in [2.75, 3.05) is 67.2 Å². The Balaban J connectivity index is 3.91. The monoisotopic (exact) mass is 623 g/mol. The van der Waals surface area contributed by atoms with Crippen molar-refractivity contribution in [3.63, 3.8) is 0 Å². The summed E-state index contributed by atoms with van der Waals surface area (Å²) in [5, 5.41) is 2.91. The summed E-state index contributed by atoms with van der Waals surface area (Å²) in [4.78, 5) is 21.8. The van der Waals surface area contributed by atoms with Crippen LogP contribution in [0.25, 0.3) is 0 Å². The third-order valence-electron chi connectivity index (χ3n) is 7.19. The molecule has 0 aromatic rings. The molecule has 0 aliphatic heterocycles. The molecule has 0 aromatic heterocycles. The lowest BCUT2D eigenvalue weighted by Gasteiger charge is -2.25. The summed E-state index contributed by atoms with van der Waals surface area (Å²) in [5.74, 6) is -0.387. The number of hydrogen-bond donors (Lipinski definition) is 2. The van der Waals surface area contributed by atoms with Crippen LogP contribution in [0.4, 0.5) is 0 Å². The number of rotatable bonds is 32. The molecule has 0 rings (SSSR count). The third kappa shape index (κ3) is 30.9. The maximum absolute atomic E-state index is 12.4. The van der Waals surface area contributed by atoms with E-state index in [2.05, 4.69) is 12.2 Å². The van der Waals surface area contributed by atoms with E-state index in [9.17, 15) is 14.3 Å². The van der Waals surface area contributed by atoms with Crippen LogP contribution < -0.4 is 5.32 Å². The van der Waals surface area contributed by atoms with Crippen molar-refractivity contribution in [2.45, 2.75) is 136 Å². The Morgan fingerprint density at radius 2 is 1.24 bits per heavy atom. The fourth-order valence-electron chi connectivity index (χ4n) is 4.64. The standard InChI is InChI=1S/C32H67N2O7P/c1-6-8-9-10-11-12-13-14-15-16-17-18-19-20-21-22-23-24-26-38-30-31(28-33-29-32(35)39-7-2)41-42(36,37)40-27-25-34(3,4)5/h31,33H,6-30H2,1-5H3/p+1. The molecular formula is C32H68N2O7P+. The Morgan fingerprint density at radius 3 is 1.69 bits per heavy atom. The van der Waals surface area contributed by atoms with Crippen LogP contribution in [0, 0.1) is 0 Å². The highest BCUT2D eigenvalue weighted by Crippen LogP contribution is 2.44. The molecule has 2 N–H and O–H groups in total. The number of nitrogens with one attached hydrogen (secondary N) is 1. The van der Waals surface area contributed by atoms with Gasteiger partial charge in [-0.15, -0.1) is 0 Å². The molecule has 0 spiro atoms. The number of nitrogens with zero attached hydrogens (tertiary/aromatic N) is 1. The predicted molar refractivity (Wildman–Crippen MR) is 173 cm³/mol. The van der Waals surface area contributed by atoms with E-state index in [-0.39, 0.29) is 32.3 Å². The molecule has 0 saturated carbocycles. The lowest BCUT2D eigenvalue weighted by atomic mass is 10.0. The highest BCUT2D eigenvalue weighted by molar-refractivity contribution is 7.47. The summed E-state index contributed by atoms with van der Waals surface area (Å²) >= 11 is 0. The molecule has 0 aliphatic rings. The van der Waals surface area contributed by atoms with E-state index in [1.54, 1.807) is 6.92 Å². The Morgan fingerprint density at radius 1 is 0.762 bits per heavy atom. The number of unbranched alkanes of at least 4 members (excludes halogenated alkanes) is 17. The summed E-state index contributed by atoms with van der Waals surface area (Å²) < 4.78 is 34.2. The smallest absolute Gasteiger partial charge is 0.465 e. The number of hydrogen-bond acceptors (Lipinski definition) is 7. The maximum atomic E-state index is 12.4. The van der Waals surface area contributed by atoms with Crippen LogP contribution in [0.2, 0.25) is 0 Å². The van der Waals surface area contributed by atoms with Crippen LogP contribution >= 0.6 is 7.82 Å².